The molecule has 0 bridgehead atoms. The number of carbonyl (C=O) groups excluding carboxylic acids is 1. The lowest BCUT2D eigenvalue weighted by Crippen LogP contribution is -2.43. The summed E-state index contributed by atoms with van der Waals surface area (Å²) < 4.78 is 10.9. The Bertz CT molecular complexity index is 1020. The van der Waals surface area contributed by atoms with Gasteiger partial charge in [0.05, 0.1) is 36.2 Å². The predicted octanol–water partition coefficient (Wildman–Crippen LogP) is 4.49. The summed E-state index contributed by atoms with van der Waals surface area (Å²) in [7, 11) is 3.18. The van der Waals surface area contributed by atoms with E-state index in [2.05, 4.69) is 12.2 Å². The van der Waals surface area contributed by atoms with E-state index in [0.29, 0.717) is 22.7 Å². The third kappa shape index (κ3) is 3.07. The van der Waals surface area contributed by atoms with E-state index in [4.69, 9.17) is 14.5 Å². The molecule has 1 N–H and O–H groups in total. The van der Waals surface area contributed by atoms with E-state index in [9.17, 15) is 4.79 Å². The van der Waals surface area contributed by atoms with E-state index in [0.717, 1.165) is 22.8 Å². The van der Waals surface area contributed by atoms with Crippen LogP contribution in [0.2, 0.25) is 0 Å². The number of nitrogens with zero attached hydrogens (tertiary/aromatic N) is 2. The van der Waals surface area contributed by atoms with Crippen molar-refractivity contribution in [3.8, 4) is 11.5 Å². The van der Waals surface area contributed by atoms with Crippen LogP contribution in [0.3, 0.4) is 0 Å². The Hall–Kier alpha value is -3.06. The summed E-state index contributed by atoms with van der Waals surface area (Å²) >= 11 is 1.60. The molecule has 0 saturated carbocycles. The fourth-order valence-corrected chi connectivity index (χ4v) is 4.07. The third-order valence-electron chi connectivity index (χ3n) is 4.73. The molecule has 2 aromatic carbocycles. The lowest BCUT2D eigenvalue weighted by Gasteiger charge is -2.37. The number of hydrogen-bond donors (Lipinski definition) is 1. The van der Waals surface area contributed by atoms with Crippen LogP contribution in [0, 0.1) is 0 Å². The van der Waals surface area contributed by atoms with Crippen LogP contribution < -0.4 is 19.7 Å². The molecule has 0 saturated heterocycles. The van der Waals surface area contributed by atoms with Crippen LogP contribution in [-0.4, -0.2) is 25.1 Å². The molecule has 1 aliphatic rings. The van der Waals surface area contributed by atoms with Crippen molar-refractivity contribution in [1.82, 2.24) is 4.98 Å². The van der Waals surface area contributed by atoms with Gasteiger partial charge >= 0.3 is 0 Å². The van der Waals surface area contributed by atoms with Gasteiger partial charge in [-0.2, -0.15) is 0 Å². The number of amides is 1. The second-order valence-electron chi connectivity index (χ2n) is 6.33. The smallest absolute Gasteiger partial charge is 0.262 e. The van der Waals surface area contributed by atoms with Crippen LogP contribution in [0.15, 0.2) is 47.8 Å². The maximum atomic E-state index is 13.5. The van der Waals surface area contributed by atoms with Crippen LogP contribution in [0.25, 0.3) is 0 Å². The largest absolute Gasteiger partial charge is 0.497 e. The van der Waals surface area contributed by atoms with E-state index < -0.39 is 6.17 Å². The van der Waals surface area contributed by atoms with Crippen molar-refractivity contribution in [1.29, 1.82) is 0 Å². The van der Waals surface area contributed by atoms with Crippen molar-refractivity contribution in [3.05, 3.63) is 64.1 Å². The minimum absolute atomic E-state index is 0.103. The van der Waals surface area contributed by atoms with E-state index in [-0.39, 0.29) is 5.91 Å². The zero-order chi connectivity index (χ0) is 19.7. The van der Waals surface area contributed by atoms with E-state index in [1.54, 1.807) is 36.5 Å². The van der Waals surface area contributed by atoms with Crippen molar-refractivity contribution < 1.29 is 14.3 Å². The summed E-state index contributed by atoms with van der Waals surface area (Å²) in [6, 6.07) is 12.9. The minimum atomic E-state index is -0.429. The lowest BCUT2D eigenvalue weighted by atomic mass is 10.0. The Balaban J connectivity index is 1.87. The number of fused-ring (bicyclic) bond motifs is 1. The fourth-order valence-electron chi connectivity index (χ4n) is 3.31. The highest BCUT2D eigenvalue weighted by molar-refractivity contribution is 7.09. The molecular weight excluding hydrogens is 374 g/mol. The Kier molecular flexibility index (Phi) is 4.92. The molecule has 1 amide bonds. The first-order chi connectivity index (χ1) is 13.7. The number of rotatable bonds is 5. The SMILES string of the molecule is CCc1nc([C@@H]2Nc3ccccc3C(=O)N2c2ccc(OC)cc2OC)cs1. The molecule has 3 aromatic rings. The van der Waals surface area contributed by atoms with Crippen molar-refractivity contribution in [2.75, 3.05) is 24.4 Å². The first-order valence-corrected chi connectivity index (χ1v) is 9.89. The van der Waals surface area contributed by atoms with Gasteiger partial charge in [0.1, 0.15) is 11.5 Å². The second kappa shape index (κ2) is 7.52. The number of anilines is 2. The molecule has 0 unspecified atom stereocenters. The van der Waals surface area contributed by atoms with E-state index in [1.165, 1.54) is 0 Å². The molecule has 7 heteroatoms. The zero-order valence-corrected chi connectivity index (χ0v) is 16.7. The minimum Gasteiger partial charge on any atom is -0.497 e. The predicted molar refractivity (Wildman–Crippen MR) is 111 cm³/mol. The Morgan fingerprint density at radius 1 is 1.18 bits per heavy atom. The highest BCUT2D eigenvalue weighted by Crippen LogP contribution is 2.41. The third-order valence-corrected chi connectivity index (χ3v) is 5.74. The number of benzene rings is 2. The number of nitrogens with one attached hydrogen (secondary N) is 1. The molecule has 0 fully saturated rings. The quantitative estimate of drug-likeness (QED) is 0.689. The molecule has 28 heavy (non-hydrogen) atoms. The molecule has 144 valence electrons. The number of carbonyl (C=O) groups is 1. The molecule has 1 aromatic heterocycles. The van der Waals surface area contributed by atoms with Gasteiger partial charge in [-0.05, 0) is 30.7 Å². The summed E-state index contributed by atoms with van der Waals surface area (Å²) in [6.45, 7) is 2.07. The Morgan fingerprint density at radius 3 is 2.71 bits per heavy atom. The van der Waals surface area contributed by atoms with Gasteiger partial charge in [0, 0.05) is 17.1 Å². The lowest BCUT2D eigenvalue weighted by molar-refractivity contribution is 0.0973. The second-order valence-corrected chi connectivity index (χ2v) is 7.27. The topological polar surface area (TPSA) is 63.7 Å². The monoisotopic (exact) mass is 395 g/mol. The summed E-state index contributed by atoms with van der Waals surface area (Å²) in [5.74, 6) is 1.12. The molecule has 1 atom stereocenters. The Labute approximate surface area is 167 Å². The van der Waals surface area contributed by atoms with Gasteiger partial charge in [-0.3, -0.25) is 9.69 Å². The number of ether oxygens (including phenoxy) is 2. The van der Waals surface area contributed by atoms with Crippen molar-refractivity contribution >= 4 is 28.6 Å². The summed E-state index contributed by atoms with van der Waals surface area (Å²) in [5.41, 5.74) is 2.88. The normalized spacial score (nSPS) is 15.8. The number of hydrogen-bond acceptors (Lipinski definition) is 6. The van der Waals surface area contributed by atoms with E-state index >= 15 is 0 Å². The van der Waals surface area contributed by atoms with E-state index in [1.807, 2.05) is 41.8 Å². The summed E-state index contributed by atoms with van der Waals surface area (Å²) in [6.07, 6.45) is 0.426. The Morgan fingerprint density at radius 2 is 2.00 bits per heavy atom. The van der Waals surface area contributed by atoms with Gasteiger partial charge in [-0.1, -0.05) is 19.1 Å². The molecule has 6 nitrogen and oxygen atoms in total. The standard InChI is InChI=1S/C21H21N3O3S/c1-4-19-22-16(12-28-19)20-23-15-8-6-5-7-14(15)21(25)24(20)17-10-9-13(26-2)11-18(17)27-3/h5-12,20,23H,4H2,1-3H3/t20-/m1/s1. The van der Waals surface area contributed by atoms with Gasteiger partial charge in [0.25, 0.3) is 5.91 Å². The molecule has 2 heterocycles. The van der Waals surface area contributed by atoms with Gasteiger partial charge in [-0.15, -0.1) is 11.3 Å². The fraction of sp³-hybridized carbons (Fsp3) is 0.238. The van der Waals surface area contributed by atoms with Crippen LogP contribution in [0.5, 0.6) is 11.5 Å². The van der Waals surface area contributed by atoms with Gasteiger partial charge in [0.15, 0.2) is 6.17 Å². The molecule has 0 spiro atoms. The summed E-state index contributed by atoms with van der Waals surface area (Å²) in [4.78, 5) is 19.9. The van der Waals surface area contributed by atoms with Gasteiger partial charge in [-0.25, -0.2) is 4.98 Å². The van der Waals surface area contributed by atoms with Crippen LogP contribution in [-0.2, 0) is 6.42 Å². The van der Waals surface area contributed by atoms with Gasteiger partial charge < -0.3 is 14.8 Å². The highest BCUT2D eigenvalue weighted by Gasteiger charge is 2.36. The number of aromatic nitrogens is 1. The number of para-hydroxylation sites is 1. The molecule has 4 rings (SSSR count). The molecular formula is C21H21N3O3S. The van der Waals surface area contributed by atoms with Crippen molar-refractivity contribution in [3.63, 3.8) is 0 Å². The zero-order valence-electron chi connectivity index (χ0n) is 15.9. The van der Waals surface area contributed by atoms with Crippen molar-refractivity contribution in [2.24, 2.45) is 0 Å². The van der Waals surface area contributed by atoms with Crippen LogP contribution in [0.1, 0.15) is 34.1 Å². The average Bonchev–Trinajstić information content (AvgIpc) is 3.22. The maximum Gasteiger partial charge on any atom is 0.262 e. The van der Waals surface area contributed by atoms with Crippen LogP contribution >= 0.6 is 11.3 Å². The molecule has 1 aliphatic heterocycles. The first-order valence-electron chi connectivity index (χ1n) is 9.01. The molecule has 0 radical (unpaired) electrons. The van der Waals surface area contributed by atoms with Gasteiger partial charge in [0.2, 0.25) is 0 Å². The number of thiazole rings is 1. The number of aryl methyl sites for hydroxylation is 1. The highest BCUT2D eigenvalue weighted by atomic mass is 32.1. The van der Waals surface area contributed by atoms with Crippen LogP contribution in [0.4, 0.5) is 11.4 Å². The molecule has 0 aliphatic carbocycles. The average molecular weight is 395 g/mol. The van der Waals surface area contributed by atoms with Crippen molar-refractivity contribution in [2.45, 2.75) is 19.5 Å². The first kappa shape index (κ1) is 18.3. The number of methoxy groups -OCH3 is 2. The summed E-state index contributed by atoms with van der Waals surface area (Å²) in [5, 5.41) is 6.50. The maximum absolute atomic E-state index is 13.5.